The van der Waals surface area contributed by atoms with Gasteiger partial charge in [-0.05, 0) is 66.3 Å². The molecule has 7 heteroatoms. The Kier molecular flexibility index (Phi) is 7.53. The van der Waals surface area contributed by atoms with Crippen LogP contribution in [0.25, 0.3) is 10.8 Å². The van der Waals surface area contributed by atoms with Crippen LogP contribution in [-0.2, 0) is 27.2 Å². The smallest absolute Gasteiger partial charge is 0.266 e. The molecule has 0 radical (unpaired) electrons. The van der Waals surface area contributed by atoms with E-state index in [2.05, 4.69) is 6.07 Å². The summed E-state index contributed by atoms with van der Waals surface area (Å²) in [4.78, 5) is 27.6. The molecule has 2 aliphatic carbocycles. The average molecular weight is 560 g/mol. The molecule has 0 aromatic heterocycles. The van der Waals surface area contributed by atoms with Gasteiger partial charge in [0.15, 0.2) is 0 Å². The highest BCUT2D eigenvalue weighted by Gasteiger charge is 2.40. The van der Waals surface area contributed by atoms with E-state index in [-0.39, 0.29) is 4.90 Å². The maximum Gasteiger partial charge on any atom is 0.318 e. The van der Waals surface area contributed by atoms with Gasteiger partial charge < -0.3 is 0 Å². The summed E-state index contributed by atoms with van der Waals surface area (Å²) in [5.74, 6) is -0.369. The zero-order valence-electron chi connectivity index (χ0n) is 23.2. The first-order valence-corrected chi connectivity index (χ1v) is 16.2. The summed E-state index contributed by atoms with van der Waals surface area (Å²) in [6.07, 6.45) is 13.7. The Hall–Kier alpha value is -3.03. The molecule has 0 N–H and O–H groups in total. The Balaban J connectivity index is 1.42. The van der Waals surface area contributed by atoms with Crippen LogP contribution in [0, 0.1) is 18.8 Å². The molecule has 1 aliphatic heterocycles. The van der Waals surface area contributed by atoms with Crippen LogP contribution < -0.4 is 0 Å². The Bertz CT molecular complexity index is 1550. The van der Waals surface area contributed by atoms with E-state index in [9.17, 15) is 18.0 Å². The molecule has 3 aliphatic rings. The van der Waals surface area contributed by atoms with Crippen LogP contribution in [0.2, 0.25) is 0 Å². The number of benzene rings is 3. The lowest BCUT2D eigenvalue weighted by molar-refractivity contribution is -0.0156. The van der Waals surface area contributed by atoms with Gasteiger partial charge in [0.05, 0.1) is 16.0 Å². The molecule has 210 valence electrons. The second kappa shape index (κ2) is 11.1. The third kappa shape index (κ3) is 5.21. The first-order valence-electron chi connectivity index (χ1n) is 14.8. The number of carbonyl (C=O) groups excluding carboxylic acids is 2. The molecule has 0 bridgehead atoms. The average Bonchev–Trinajstić information content (AvgIpc) is 2.96. The van der Waals surface area contributed by atoms with E-state index in [4.69, 9.17) is 4.28 Å². The number of hydrogen-bond donors (Lipinski definition) is 0. The van der Waals surface area contributed by atoms with E-state index in [0.29, 0.717) is 33.4 Å². The molecule has 6 nitrogen and oxygen atoms in total. The van der Waals surface area contributed by atoms with Gasteiger partial charge >= 0.3 is 10.1 Å². The second-order valence-electron chi connectivity index (χ2n) is 12.0. The number of hydroxylamine groups is 2. The van der Waals surface area contributed by atoms with Crippen molar-refractivity contribution in [3.05, 3.63) is 76.3 Å². The Labute approximate surface area is 236 Å². The zero-order valence-corrected chi connectivity index (χ0v) is 24.0. The molecule has 3 aromatic rings. The van der Waals surface area contributed by atoms with E-state index in [1.54, 1.807) is 18.2 Å². The number of aryl methyl sites for hydroxylation is 1. The number of imide groups is 1. The van der Waals surface area contributed by atoms with Crippen molar-refractivity contribution in [1.29, 1.82) is 0 Å². The van der Waals surface area contributed by atoms with Crippen LogP contribution >= 0.6 is 0 Å². The highest BCUT2D eigenvalue weighted by Crippen LogP contribution is 2.39. The van der Waals surface area contributed by atoms with Gasteiger partial charge in [0.2, 0.25) is 0 Å². The van der Waals surface area contributed by atoms with Crippen LogP contribution in [-0.4, -0.2) is 25.3 Å². The van der Waals surface area contributed by atoms with Crippen LogP contribution in [0.4, 0.5) is 0 Å². The molecule has 6 rings (SSSR count). The molecular weight excluding hydrogens is 522 g/mol. The molecule has 3 aromatic carbocycles. The number of amides is 2. The van der Waals surface area contributed by atoms with Crippen molar-refractivity contribution in [2.75, 3.05) is 0 Å². The first-order chi connectivity index (χ1) is 19.3. The molecule has 0 spiro atoms. The summed E-state index contributed by atoms with van der Waals surface area (Å²) >= 11 is 0. The Morgan fingerprint density at radius 2 is 1.30 bits per heavy atom. The largest absolute Gasteiger partial charge is 0.318 e. The predicted molar refractivity (Wildman–Crippen MR) is 154 cm³/mol. The standard InChI is InChI=1S/C33H37NO5S/c1-22-12-16-27(17-13-22)40(37,38)39-34-32(35)29-19-14-25(20-23-8-4-2-5-9-23)28-18-15-26(30(31(28)29)33(34)36)21-24-10-6-3-7-11-24/h12-19,23-24H,2-11,20-21H2,1H3. The molecule has 40 heavy (non-hydrogen) atoms. The topological polar surface area (TPSA) is 80.8 Å². The van der Waals surface area contributed by atoms with Gasteiger partial charge in [-0.2, -0.15) is 8.42 Å². The SMILES string of the molecule is Cc1ccc(S(=O)(=O)ON2C(=O)c3ccc(CC4CCCCC4)c4ccc(CC5CCCCC5)c(c34)C2=O)cc1. The number of nitrogens with zero attached hydrogens (tertiary/aromatic N) is 1. The summed E-state index contributed by atoms with van der Waals surface area (Å²) in [6, 6.07) is 14.0. The molecule has 0 atom stereocenters. The van der Waals surface area contributed by atoms with Crippen LogP contribution in [0.1, 0.15) is 102 Å². The van der Waals surface area contributed by atoms with E-state index >= 15 is 0 Å². The van der Waals surface area contributed by atoms with Crippen LogP contribution in [0.5, 0.6) is 0 Å². The highest BCUT2D eigenvalue weighted by atomic mass is 32.2. The summed E-state index contributed by atoms with van der Waals surface area (Å²) < 4.78 is 31.7. The van der Waals surface area contributed by atoms with Crippen molar-refractivity contribution in [1.82, 2.24) is 5.06 Å². The van der Waals surface area contributed by atoms with Gasteiger partial charge in [-0.3, -0.25) is 9.59 Å². The number of hydrogen-bond acceptors (Lipinski definition) is 5. The third-order valence-corrected chi connectivity index (χ3v) is 10.3. The van der Waals surface area contributed by atoms with Crippen LogP contribution in [0.3, 0.4) is 0 Å². The summed E-state index contributed by atoms with van der Waals surface area (Å²) in [7, 11) is -4.40. The van der Waals surface area contributed by atoms with Crippen molar-refractivity contribution in [3.63, 3.8) is 0 Å². The number of carbonyl (C=O) groups is 2. The lowest BCUT2D eigenvalue weighted by Crippen LogP contribution is -2.42. The van der Waals surface area contributed by atoms with Crippen molar-refractivity contribution < 1.29 is 22.3 Å². The van der Waals surface area contributed by atoms with Crippen molar-refractivity contribution >= 4 is 32.7 Å². The minimum Gasteiger partial charge on any atom is -0.266 e. The zero-order chi connectivity index (χ0) is 27.9. The third-order valence-electron chi connectivity index (χ3n) is 9.12. The first kappa shape index (κ1) is 27.2. The van der Waals surface area contributed by atoms with Gasteiger partial charge in [0.25, 0.3) is 11.8 Å². The fraction of sp³-hybridized carbons (Fsp3) is 0.455. The fourth-order valence-corrected chi connectivity index (χ4v) is 7.83. The lowest BCUT2D eigenvalue weighted by Gasteiger charge is -2.30. The minimum absolute atomic E-state index is 0.104. The van der Waals surface area contributed by atoms with Crippen LogP contribution in [0.15, 0.2) is 53.4 Å². The highest BCUT2D eigenvalue weighted by molar-refractivity contribution is 7.86. The molecule has 2 fully saturated rings. The predicted octanol–water partition coefficient (Wildman–Crippen LogP) is 7.31. The van der Waals surface area contributed by atoms with Gasteiger partial charge in [-0.25, -0.2) is 0 Å². The number of rotatable bonds is 7. The van der Waals surface area contributed by atoms with E-state index in [1.165, 1.54) is 63.5 Å². The maximum absolute atomic E-state index is 14.1. The Morgan fingerprint density at radius 1 is 0.725 bits per heavy atom. The summed E-state index contributed by atoms with van der Waals surface area (Å²) in [6.45, 7) is 1.85. The normalized spacial score (nSPS) is 19.0. The molecule has 1 heterocycles. The summed E-state index contributed by atoms with van der Waals surface area (Å²) in [5.41, 5.74) is 3.65. The summed E-state index contributed by atoms with van der Waals surface area (Å²) in [5, 5.41) is 2.05. The molecule has 2 saturated carbocycles. The monoisotopic (exact) mass is 559 g/mol. The van der Waals surface area contributed by atoms with Gasteiger partial charge in [0, 0.05) is 5.39 Å². The lowest BCUT2D eigenvalue weighted by atomic mass is 9.79. The molecular formula is C33H37NO5S. The van der Waals surface area contributed by atoms with Gasteiger partial charge in [0.1, 0.15) is 0 Å². The molecule has 0 unspecified atom stereocenters. The van der Waals surface area contributed by atoms with Crippen molar-refractivity contribution in [2.24, 2.45) is 11.8 Å². The maximum atomic E-state index is 14.1. The van der Waals surface area contributed by atoms with Crippen molar-refractivity contribution in [3.8, 4) is 0 Å². The molecule has 2 amide bonds. The van der Waals surface area contributed by atoms with Gasteiger partial charge in [-0.15, -0.1) is 9.35 Å². The van der Waals surface area contributed by atoms with E-state index in [1.807, 2.05) is 19.1 Å². The quantitative estimate of drug-likeness (QED) is 0.284. The van der Waals surface area contributed by atoms with E-state index < -0.39 is 21.9 Å². The van der Waals surface area contributed by atoms with E-state index in [0.717, 1.165) is 47.8 Å². The second-order valence-corrected chi connectivity index (χ2v) is 13.5. The molecule has 0 saturated heterocycles. The van der Waals surface area contributed by atoms with Crippen molar-refractivity contribution in [2.45, 2.75) is 88.9 Å². The Morgan fingerprint density at radius 3 is 1.93 bits per heavy atom. The fourth-order valence-electron chi connectivity index (χ4n) is 6.94. The van der Waals surface area contributed by atoms with Gasteiger partial charge in [-0.1, -0.05) is 100 Å². The minimum atomic E-state index is -4.40.